The van der Waals surface area contributed by atoms with Crippen LogP contribution in [0.2, 0.25) is 0 Å². The van der Waals surface area contributed by atoms with Crippen LogP contribution >= 0.6 is 0 Å². The molecule has 0 spiro atoms. The molecule has 0 radical (unpaired) electrons. The lowest BCUT2D eigenvalue weighted by molar-refractivity contribution is -0.136. The highest BCUT2D eigenvalue weighted by Gasteiger charge is 1.87. The molecular formula is C17H21NO3. The minimum absolute atomic E-state index is 0.255. The summed E-state index contributed by atoms with van der Waals surface area (Å²) in [7, 11) is 0. The smallest absolute Gasteiger partial charge is 0.330 e. The lowest BCUT2D eigenvalue weighted by Gasteiger charge is -1.92. The second kappa shape index (κ2) is 15.2. The zero-order valence-electron chi connectivity index (χ0n) is 12.0. The molecule has 4 heteroatoms. The molecule has 1 amide bonds. The fourth-order valence-electron chi connectivity index (χ4n) is 0.789. The first-order chi connectivity index (χ1) is 10.0. The van der Waals surface area contributed by atoms with Gasteiger partial charge in [0.25, 0.3) is 0 Å². The third-order valence-electron chi connectivity index (χ3n) is 1.75. The van der Waals surface area contributed by atoms with Gasteiger partial charge in [0, 0.05) is 6.08 Å². The predicted molar refractivity (Wildman–Crippen MR) is 87.3 cm³/mol. The Balaban J connectivity index is 0. The van der Waals surface area contributed by atoms with E-state index in [1.807, 2.05) is 36.4 Å². The number of amides is 1. The lowest BCUT2D eigenvalue weighted by atomic mass is 10.2. The SMILES string of the molecule is C=CC(N)=O.C=CCOC(=O)C=C.C=Cc1ccccc1. The van der Waals surface area contributed by atoms with Crippen LogP contribution in [0.1, 0.15) is 5.56 Å². The molecule has 0 aromatic heterocycles. The minimum atomic E-state index is -0.481. The number of nitrogens with two attached hydrogens (primary N) is 1. The summed E-state index contributed by atoms with van der Waals surface area (Å²) in [4.78, 5) is 19.7. The Kier molecular flexibility index (Phi) is 14.8. The van der Waals surface area contributed by atoms with Crippen molar-refractivity contribution in [2.45, 2.75) is 0 Å². The molecule has 0 fully saturated rings. The van der Waals surface area contributed by atoms with Crippen LogP contribution in [0.5, 0.6) is 0 Å². The molecule has 0 bridgehead atoms. The first kappa shape index (κ1) is 20.4. The summed E-state index contributed by atoms with van der Waals surface area (Å²) >= 11 is 0. The molecular weight excluding hydrogens is 266 g/mol. The van der Waals surface area contributed by atoms with Crippen LogP contribution < -0.4 is 5.73 Å². The fraction of sp³-hybridized carbons (Fsp3) is 0.0588. The Bertz CT molecular complexity index is 464. The highest BCUT2D eigenvalue weighted by Crippen LogP contribution is 1.97. The summed E-state index contributed by atoms with van der Waals surface area (Å²) < 4.78 is 4.47. The van der Waals surface area contributed by atoms with Crippen molar-refractivity contribution in [3.05, 3.63) is 80.4 Å². The first-order valence-corrected chi connectivity index (χ1v) is 6.01. The summed E-state index contributed by atoms with van der Waals surface area (Å²) in [5, 5.41) is 0. The van der Waals surface area contributed by atoms with E-state index in [1.165, 1.54) is 11.6 Å². The third kappa shape index (κ3) is 17.1. The van der Waals surface area contributed by atoms with Crippen LogP contribution in [0, 0.1) is 0 Å². The summed E-state index contributed by atoms with van der Waals surface area (Å²) in [6.07, 6.45) is 5.50. The van der Waals surface area contributed by atoms with E-state index in [0.29, 0.717) is 0 Å². The number of primary amides is 1. The summed E-state index contributed by atoms with van der Waals surface area (Å²) in [6.45, 7) is 13.5. The molecule has 0 saturated carbocycles. The van der Waals surface area contributed by atoms with E-state index < -0.39 is 11.9 Å². The number of ether oxygens (including phenoxy) is 1. The van der Waals surface area contributed by atoms with E-state index in [2.05, 4.69) is 36.8 Å². The van der Waals surface area contributed by atoms with Gasteiger partial charge in [-0.2, -0.15) is 0 Å². The number of carbonyl (C=O) groups is 2. The Morgan fingerprint density at radius 2 is 1.57 bits per heavy atom. The number of hydrogen-bond acceptors (Lipinski definition) is 3. The van der Waals surface area contributed by atoms with Gasteiger partial charge in [-0.25, -0.2) is 4.79 Å². The largest absolute Gasteiger partial charge is 0.458 e. The average Bonchev–Trinajstić information content (AvgIpc) is 2.54. The molecule has 2 N–H and O–H groups in total. The zero-order chi connectivity index (χ0) is 16.5. The van der Waals surface area contributed by atoms with E-state index in [1.54, 1.807) is 0 Å². The molecule has 0 unspecified atom stereocenters. The van der Waals surface area contributed by atoms with E-state index in [4.69, 9.17) is 0 Å². The van der Waals surface area contributed by atoms with Crippen molar-refractivity contribution in [3.8, 4) is 0 Å². The third-order valence-corrected chi connectivity index (χ3v) is 1.75. The van der Waals surface area contributed by atoms with Crippen LogP contribution in [0.25, 0.3) is 6.08 Å². The fourth-order valence-corrected chi connectivity index (χ4v) is 0.789. The van der Waals surface area contributed by atoms with Gasteiger partial charge in [-0.15, -0.1) is 0 Å². The van der Waals surface area contributed by atoms with Crippen molar-refractivity contribution in [2.24, 2.45) is 5.73 Å². The average molecular weight is 287 g/mol. The molecule has 21 heavy (non-hydrogen) atoms. The van der Waals surface area contributed by atoms with Gasteiger partial charge >= 0.3 is 5.97 Å². The molecule has 1 aromatic carbocycles. The highest BCUT2D eigenvalue weighted by molar-refractivity contribution is 5.85. The molecule has 0 aliphatic heterocycles. The van der Waals surface area contributed by atoms with Crippen LogP contribution in [-0.4, -0.2) is 18.5 Å². The second-order valence-electron chi connectivity index (χ2n) is 3.34. The van der Waals surface area contributed by atoms with Crippen molar-refractivity contribution in [2.75, 3.05) is 6.61 Å². The van der Waals surface area contributed by atoms with Gasteiger partial charge < -0.3 is 10.5 Å². The number of rotatable bonds is 5. The normalized spacial score (nSPS) is 7.62. The quantitative estimate of drug-likeness (QED) is 0.514. The molecule has 1 aromatic rings. The topological polar surface area (TPSA) is 69.4 Å². The molecule has 1 rings (SSSR count). The maximum absolute atomic E-state index is 10.2. The van der Waals surface area contributed by atoms with Crippen LogP contribution in [-0.2, 0) is 14.3 Å². The maximum Gasteiger partial charge on any atom is 0.330 e. The Hall–Kier alpha value is -2.88. The van der Waals surface area contributed by atoms with Gasteiger partial charge in [-0.1, -0.05) is 68.8 Å². The standard InChI is InChI=1S/C8H8.C6H8O2.C3H5NO/c1-2-8-6-4-3-5-7-8;1-3-5-8-6(7)4-2;1-2-3(4)5/h2-7H,1H2;3-4H,1-2,5H2;2H,1H2,(H2,4,5). The molecule has 112 valence electrons. The monoisotopic (exact) mass is 287 g/mol. The van der Waals surface area contributed by atoms with Gasteiger partial charge in [0.1, 0.15) is 6.61 Å². The summed E-state index contributed by atoms with van der Waals surface area (Å²) in [5.74, 6) is -0.894. The summed E-state index contributed by atoms with van der Waals surface area (Å²) in [6, 6.07) is 10.0. The minimum Gasteiger partial charge on any atom is -0.458 e. The van der Waals surface area contributed by atoms with Crippen LogP contribution in [0.4, 0.5) is 0 Å². The summed E-state index contributed by atoms with van der Waals surface area (Å²) in [5.41, 5.74) is 5.71. The number of carbonyl (C=O) groups excluding carboxylic acids is 2. The lowest BCUT2D eigenvalue weighted by Crippen LogP contribution is -2.04. The zero-order valence-corrected chi connectivity index (χ0v) is 12.0. The van der Waals surface area contributed by atoms with Crippen molar-refractivity contribution in [1.29, 1.82) is 0 Å². The second-order valence-corrected chi connectivity index (χ2v) is 3.34. The van der Waals surface area contributed by atoms with Gasteiger partial charge in [0.05, 0.1) is 0 Å². The van der Waals surface area contributed by atoms with Crippen LogP contribution in [0.15, 0.2) is 74.9 Å². The van der Waals surface area contributed by atoms with Gasteiger partial charge in [0.2, 0.25) is 5.91 Å². The van der Waals surface area contributed by atoms with E-state index in [0.717, 1.165) is 12.2 Å². The Labute approximate surface area is 125 Å². The first-order valence-electron chi connectivity index (χ1n) is 6.01. The number of esters is 1. The van der Waals surface area contributed by atoms with Crippen LogP contribution in [0.3, 0.4) is 0 Å². The van der Waals surface area contributed by atoms with Crippen molar-refractivity contribution in [1.82, 2.24) is 0 Å². The predicted octanol–water partition coefficient (Wildman–Crippen LogP) is 2.89. The maximum atomic E-state index is 10.2. The van der Waals surface area contributed by atoms with Crippen molar-refractivity contribution in [3.63, 3.8) is 0 Å². The van der Waals surface area contributed by atoms with E-state index >= 15 is 0 Å². The van der Waals surface area contributed by atoms with Gasteiger partial charge in [-0.3, -0.25) is 4.79 Å². The number of benzene rings is 1. The van der Waals surface area contributed by atoms with E-state index in [9.17, 15) is 9.59 Å². The van der Waals surface area contributed by atoms with Crippen molar-refractivity contribution < 1.29 is 14.3 Å². The molecule has 0 atom stereocenters. The Morgan fingerprint density at radius 1 is 1.05 bits per heavy atom. The van der Waals surface area contributed by atoms with Crippen molar-refractivity contribution >= 4 is 18.0 Å². The van der Waals surface area contributed by atoms with Gasteiger partial charge in [-0.05, 0) is 11.6 Å². The van der Waals surface area contributed by atoms with E-state index in [-0.39, 0.29) is 6.61 Å². The highest BCUT2D eigenvalue weighted by atomic mass is 16.5. The molecule has 4 nitrogen and oxygen atoms in total. The number of hydrogen-bond donors (Lipinski definition) is 1. The molecule has 0 heterocycles. The molecule has 0 aliphatic rings. The Morgan fingerprint density at radius 3 is 1.86 bits per heavy atom. The molecule has 0 aliphatic carbocycles. The molecule has 0 saturated heterocycles. The van der Waals surface area contributed by atoms with Gasteiger partial charge in [0.15, 0.2) is 0 Å².